The number of sulfonamides is 1. The molecule has 0 aliphatic carbocycles. The molecule has 1 fully saturated rings. The maximum atomic E-state index is 13.8. The van der Waals surface area contributed by atoms with Crippen LogP contribution in [0.15, 0.2) is 58.3 Å². The molecule has 1 saturated heterocycles. The van der Waals surface area contributed by atoms with Crippen molar-refractivity contribution >= 4 is 44.9 Å². The first-order chi connectivity index (χ1) is 15.6. The highest BCUT2D eigenvalue weighted by atomic mass is 32.2. The van der Waals surface area contributed by atoms with E-state index in [1.54, 1.807) is 19.9 Å². The number of carbonyl (C=O) groups excluding carboxylic acids is 3. The molecule has 0 unspecified atom stereocenters. The molecule has 0 aromatic heterocycles. The van der Waals surface area contributed by atoms with E-state index >= 15 is 0 Å². The second-order valence-corrected chi connectivity index (χ2v) is 10.1. The van der Waals surface area contributed by atoms with E-state index in [0.29, 0.717) is 11.8 Å². The van der Waals surface area contributed by atoms with Crippen LogP contribution < -0.4 is 10.0 Å². The largest absolute Gasteiger partial charge is 0.350 e. The third-order valence-electron chi connectivity index (χ3n) is 4.48. The molecule has 1 heterocycles. The first-order valence-corrected chi connectivity index (χ1v) is 12.3. The molecule has 0 spiro atoms. The highest BCUT2D eigenvalue weighted by Crippen LogP contribution is 2.32. The Hall–Kier alpha value is -3.02. The van der Waals surface area contributed by atoms with E-state index in [1.807, 2.05) is 0 Å². The van der Waals surface area contributed by atoms with E-state index in [2.05, 4.69) is 10.0 Å². The number of benzene rings is 2. The topological polar surface area (TPSA) is 113 Å². The first kappa shape index (κ1) is 24.6. The van der Waals surface area contributed by atoms with Gasteiger partial charge in [-0.2, -0.15) is 0 Å². The molecule has 1 aliphatic rings. The van der Waals surface area contributed by atoms with Crippen LogP contribution in [0.1, 0.15) is 29.8 Å². The third-order valence-corrected chi connectivity index (χ3v) is 7.05. The van der Waals surface area contributed by atoms with Crippen LogP contribution in [0, 0.1) is 5.82 Å². The zero-order valence-corrected chi connectivity index (χ0v) is 19.5. The van der Waals surface area contributed by atoms with Gasteiger partial charge in [0.1, 0.15) is 5.82 Å². The average Bonchev–Trinajstić information content (AvgIpc) is 3.02. The fourth-order valence-corrected chi connectivity index (χ4v) is 5.14. The number of rotatable bonds is 8. The summed E-state index contributed by atoms with van der Waals surface area (Å²) < 4.78 is 40.9. The number of imide groups is 1. The van der Waals surface area contributed by atoms with Crippen molar-refractivity contribution in [3.63, 3.8) is 0 Å². The molecule has 8 nitrogen and oxygen atoms in total. The van der Waals surface area contributed by atoms with Crippen LogP contribution in [0.2, 0.25) is 0 Å². The van der Waals surface area contributed by atoms with Crippen molar-refractivity contribution < 1.29 is 27.2 Å². The Labute approximate surface area is 195 Å². The second kappa shape index (κ2) is 10.3. The van der Waals surface area contributed by atoms with Gasteiger partial charge in [-0.15, -0.1) is 0 Å². The molecule has 0 bridgehead atoms. The zero-order chi connectivity index (χ0) is 24.2. The summed E-state index contributed by atoms with van der Waals surface area (Å²) in [4.78, 5) is 38.2. The Morgan fingerprint density at radius 3 is 2.58 bits per heavy atom. The van der Waals surface area contributed by atoms with Crippen LogP contribution in [0.3, 0.4) is 0 Å². The van der Waals surface area contributed by atoms with Crippen molar-refractivity contribution in [2.24, 2.45) is 0 Å². The number of amides is 3. The van der Waals surface area contributed by atoms with Gasteiger partial charge < -0.3 is 5.32 Å². The minimum absolute atomic E-state index is 0.0366. The summed E-state index contributed by atoms with van der Waals surface area (Å²) >= 11 is 0.695. The van der Waals surface area contributed by atoms with Crippen LogP contribution >= 0.6 is 11.8 Å². The molecule has 33 heavy (non-hydrogen) atoms. The molecule has 11 heteroatoms. The van der Waals surface area contributed by atoms with E-state index in [4.69, 9.17) is 0 Å². The molecule has 3 rings (SSSR count). The summed E-state index contributed by atoms with van der Waals surface area (Å²) in [7, 11) is -3.76. The molecular weight excluding hydrogens is 469 g/mol. The quantitative estimate of drug-likeness (QED) is 0.549. The monoisotopic (exact) mass is 491 g/mol. The summed E-state index contributed by atoms with van der Waals surface area (Å²) in [5.74, 6) is -1.63. The number of hydrogen-bond acceptors (Lipinski definition) is 6. The molecule has 2 N–H and O–H groups in total. The van der Waals surface area contributed by atoms with Gasteiger partial charge in [0, 0.05) is 30.3 Å². The predicted octanol–water partition coefficient (Wildman–Crippen LogP) is 2.98. The second-order valence-electron chi connectivity index (χ2n) is 7.41. The van der Waals surface area contributed by atoms with Crippen LogP contribution in [0.25, 0.3) is 6.08 Å². The number of nitrogens with one attached hydrogen (secondary N) is 2. The van der Waals surface area contributed by atoms with Gasteiger partial charge in [0.15, 0.2) is 0 Å². The molecular formula is C22H22FN3O5S2. The minimum Gasteiger partial charge on any atom is -0.350 e. The average molecular weight is 492 g/mol. The van der Waals surface area contributed by atoms with E-state index in [9.17, 15) is 27.2 Å². The summed E-state index contributed by atoms with van der Waals surface area (Å²) in [5, 5.41) is 2.05. The summed E-state index contributed by atoms with van der Waals surface area (Å²) in [5.41, 5.74) is 0.313. The Kier molecular flexibility index (Phi) is 7.67. The summed E-state index contributed by atoms with van der Waals surface area (Å²) in [6.45, 7) is 3.25. The molecule has 0 radical (unpaired) electrons. The normalized spacial score (nSPS) is 15.5. The lowest BCUT2D eigenvalue weighted by Crippen LogP contribution is -2.37. The fraction of sp³-hybridized carbons (Fsp3) is 0.227. The summed E-state index contributed by atoms with van der Waals surface area (Å²) in [6.07, 6.45) is 1.32. The van der Waals surface area contributed by atoms with Crippen molar-refractivity contribution in [2.45, 2.75) is 24.8 Å². The molecule has 0 atom stereocenters. The standard InChI is InChI=1S/C22H22FN3O5S2/c1-14(2)25-33(30,31)17-8-5-7-16(12-17)20(27)24-10-11-26-21(28)19(32-22(26)29)13-15-6-3-4-9-18(15)23/h3-9,12-14,25H,10-11H2,1-2H3,(H,24,27)/b19-13-. The Morgan fingerprint density at radius 2 is 1.88 bits per heavy atom. The van der Waals surface area contributed by atoms with Gasteiger partial charge in [0.2, 0.25) is 10.0 Å². The van der Waals surface area contributed by atoms with Gasteiger partial charge in [0.05, 0.1) is 9.80 Å². The highest BCUT2D eigenvalue weighted by molar-refractivity contribution is 8.18. The smallest absolute Gasteiger partial charge is 0.293 e. The van der Waals surface area contributed by atoms with Gasteiger partial charge in [0.25, 0.3) is 17.1 Å². The zero-order valence-electron chi connectivity index (χ0n) is 17.9. The van der Waals surface area contributed by atoms with Gasteiger partial charge in [-0.3, -0.25) is 19.3 Å². The van der Waals surface area contributed by atoms with Gasteiger partial charge in [-0.1, -0.05) is 24.3 Å². The van der Waals surface area contributed by atoms with Crippen molar-refractivity contribution in [2.75, 3.05) is 13.1 Å². The molecule has 174 valence electrons. The summed E-state index contributed by atoms with van der Waals surface area (Å²) in [6, 6.07) is 11.1. The minimum atomic E-state index is -3.76. The number of halogens is 1. The highest BCUT2D eigenvalue weighted by Gasteiger charge is 2.34. The van der Waals surface area contributed by atoms with Crippen molar-refractivity contribution in [3.05, 3.63) is 70.4 Å². The van der Waals surface area contributed by atoms with Gasteiger partial charge in [-0.05, 0) is 56.0 Å². The van der Waals surface area contributed by atoms with Crippen LogP contribution in [0.5, 0.6) is 0 Å². The SMILES string of the molecule is CC(C)NS(=O)(=O)c1cccc(C(=O)NCCN2C(=O)S/C(=C\c3ccccc3F)C2=O)c1. The van der Waals surface area contributed by atoms with E-state index < -0.39 is 32.9 Å². The number of nitrogens with zero attached hydrogens (tertiary/aromatic N) is 1. The first-order valence-electron chi connectivity index (χ1n) is 9.99. The van der Waals surface area contributed by atoms with Crippen LogP contribution in [-0.4, -0.2) is 49.5 Å². The Morgan fingerprint density at radius 1 is 1.15 bits per heavy atom. The van der Waals surface area contributed by atoms with E-state index in [1.165, 1.54) is 48.5 Å². The molecule has 2 aromatic rings. The number of carbonyl (C=O) groups is 3. The lowest BCUT2D eigenvalue weighted by atomic mass is 10.2. The maximum absolute atomic E-state index is 13.8. The van der Waals surface area contributed by atoms with Gasteiger partial charge >= 0.3 is 0 Å². The van der Waals surface area contributed by atoms with E-state index in [-0.39, 0.29) is 40.1 Å². The van der Waals surface area contributed by atoms with Crippen molar-refractivity contribution in [1.82, 2.24) is 14.9 Å². The van der Waals surface area contributed by atoms with Gasteiger partial charge in [-0.25, -0.2) is 17.5 Å². The molecule has 1 aliphatic heterocycles. The van der Waals surface area contributed by atoms with Crippen molar-refractivity contribution in [1.29, 1.82) is 0 Å². The number of hydrogen-bond donors (Lipinski definition) is 2. The van der Waals surface area contributed by atoms with E-state index in [0.717, 1.165) is 4.90 Å². The fourth-order valence-electron chi connectivity index (χ4n) is 2.99. The molecule has 0 saturated carbocycles. The number of thioether (sulfide) groups is 1. The third kappa shape index (κ3) is 6.06. The maximum Gasteiger partial charge on any atom is 0.293 e. The van der Waals surface area contributed by atoms with Crippen LogP contribution in [0.4, 0.5) is 9.18 Å². The Balaban J connectivity index is 1.62. The predicted molar refractivity (Wildman–Crippen MR) is 123 cm³/mol. The lowest BCUT2D eigenvalue weighted by Gasteiger charge is -2.13. The Bertz CT molecular complexity index is 1230. The van der Waals surface area contributed by atoms with Crippen LogP contribution in [-0.2, 0) is 14.8 Å². The molecule has 2 aromatic carbocycles. The molecule has 3 amide bonds. The van der Waals surface area contributed by atoms with Crippen molar-refractivity contribution in [3.8, 4) is 0 Å². The lowest BCUT2D eigenvalue weighted by molar-refractivity contribution is -0.122.